The second-order valence-corrected chi connectivity index (χ2v) is 7.72. The number of carbonyl (C=O) groups is 1. The SMILES string of the molecule is COc1cc(C(C)NC(=O)NCCc2c(C)[nH]c3ccccc23)ccc1OC(C)C. The maximum absolute atomic E-state index is 12.4. The van der Waals surface area contributed by atoms with Crippen molar-refractivity contribution in [2.45, 2.75) is 46.3 Å². The zero-order valence-corrected chi connectivity index (χ0v) is 18.3. The van der Waals surface area contributed by atoms with Crippen LogP contribution in [0.1, 0.15) is 43.6 Å². The van der Waals surface area contributed by atoms with Crippen LogP contribution in [0.3, 0.4) is 0 Å². The van der Waals surface area contributed by atoms with Gasteiger partial charge >= 0.3 is 6.03 Å². The average Bonchev–Trinajstić information content (AvgIpc) is 3.03. The predicted molar refractivity (Wildman–Crippen MR) is 120 cm³/mol. The van der Waals surface area contributed by atoms with E-state index < -0.39 is 0 Å². The van der Waals surface area contributed by atoms with Crippen LogP contribution in [0.25, 0.3) is 10.9 Å². The number of methoxy groups -OCH3 is 1. The Kier molecular flexibility index (Phi) is 6.87. The summed E-state index contributed by atoms with van der Waals surface area (Å²) in [7, 11) is 1.61. The van der Waals surface area contributed by atoms with E-state index >= 15 is 0 Å². The molecule has 3 rings (SSSR count). The van der Waals surface area contributed by atoms with Crippen molar-refractivity contribution in [3.63, 3.8) is 0 Å². The lowest BCUT2D eigenvalue weighted by molar-refractivity contribution is 0.230. The van der Waals surface area contributed by atoms with Crippen molar-refractivity contribution in [1.29, 1.82) is 0 Å². The number of carbonyl (C=O) groups excluding carboxylic acids is 1. The van der Waals surface area contributed by atoms with Crippen molar-refractivity contribution in [2.24, 2.45) is 0 Å². The van der Waals surface area contributed by atoms with Crippen LogP contribution in [0.5, 0.6) is 11.5 Å². The van der Waals surface area contributed by atoms with Gasteiger partial charge < -0.3 is 25.1 Å². The number of fused-ring (bicyclic) bond motifs is 1. The second kappa shape index (κ2) is 9.57. The Morgan fingerprint density at radius 1 is 1.10 bits per heavy atom. The number of aromatic nitrogens is 1. The third kappa shape index (κ3) is 5.06. The number of rotatable bonds is 8. The minimum atomic E-state index is -0.193. The van der Waals surface area contributed by atoms with Crippen LogP contribution in [0.15, 0.2) is 42.5 Å². The van der Waals surface area contributed by atoms with Crippen LogP contribution in [-0.4, -0.2) is 30.8 Å². The van der Waals surface area contributed by atoms with Gasteiger partial charge in [0.2, 0.25) is 0 Å². The molecule has 6 nitrogen and oxygen atoms in total. The number of amides is 2. The number of urea groups is 1. The number of benzene rings is 2. The summed E-state index contributed by atoms with van der Waals surface area (Å²) in [5.41, 5.74) is 4.46. The number of hydrogen-bond donors (Lipinski definition) is 3. The molecule has 0 fully saturated rings. The fourth-order valence-corrected chi connectivity index (χ4v) is 3.59. The van der Waals surface area contributed by atoms with Gasteiger partial charge in [0.05, 0.1) is 19.3 Å². The first-order valence-corrected chi connectivity index (χ1v) is 10.3. The number of aromatic amines is 1. The third-order valence-electron chi connectivity index (χ3n) is 5.09. The van der Waals surface area contributed by atoms with E-state index in [1.807, 2.05) is 51.1 Å². The van der Waals surface area contributed by atoms with Gasteiger partial charge in [0.25, 0.3) is 0 Å². The molecule has 0 bridgehead atoms. The molecule has 30 heavy (non-hydrogen) atoms. The zero-order valence-electron chi connectivity index (χ0n) is 18.3. The smallest absolute Gasteiger partial charge is 0.315 e. The Labute approximate surface area is 178 Å². The lowest BCUT2D eigenvalue weighted by Crippen LogP contribution is -2.38. The lowest BCUT2D eigenvalue weighted by atomic mass is 10.1. The molecule has 0 radical (unpaired) electrons. The van der Waals surface area contributed by atoms with Gasteiger partial charge in [0, 0.05) is 23.1 Å². The largest absolute Gasteiger partial charge is 0.493 e. The van der Waals surface area contributed by atoms with E-state index in [0.29, 0.717) is 18.0 Å². The van der Waals surface area contributed by atoms with Crippen molar-refractivity contribution < 1.29 is 14.3 Å². The van der Waals surface area contributed by atoms with E-state index in [4.69, 9.17) is 9.47 Å². The van der Waals surface area contributed by atoms with Crippen LogP contribution in [0.4, 0.5) is 4.79 Å². The fourth-order valence-electron chi connectivity index (χ4n) is 3.59. The van der Waals surface area contributed by atoms with Gasteiger partial charge in [0.15, 0.2) is 11.5 Å². The van der Waals surface area contributed by atoms with E-state index in [-0.39, 0.29) is 18.2 Å². The van der Waals surface area contributed by atoms with Gasteiger partial charge in [-0.15, -0.1) is 0 Å². The fraction of sp³-hybridized carbons (Fsp3) is 0.375. The molecular formula is C24H31N3O3. The highest BCUT2D eigenvalue weighted by atomic mass is 16.5. The number of nitrogens with one attached hydrogen (secondary N) is 3. The standard InChI is InChI=1S/C24H31N3O3/c1-15(2)30-22-11-10-18(14-23(22)29-5)16(3)27-24(28)25-13-12-19-17(4)26-21-9-7-6-8-20(19)21/h6-11,14-16,26H,12-13H2,1-5H3,(H2,25,27,28). The number of hydrogen-bond acceptors (Lipinski definition) is 3. The van der Waals surface area contributed by atoms with Gasteiger partial charge in [-0.1, -0.05) is 24.3 Å². The molecule has 3 N–H and O–H groups in total. The van der Waals surface area contributed by atoms with E-state index in [9.17, 15) is 4.79 Å². The van der Waals surface area contributed by atoms with Crippen molar-refractivity contribution in [1.82, 2.24) is 15.6 Å². The van der Waals surface area contributed by atoms with Crippen molar-refractivity contribution in [2.75, 3.05) is 13.7 Å². The molecule has 1 aromatic heterocycles. The normalized spacial score (nSPS) is 12.1. The number of ether oxygens (including phenoxy) is 2. The maximum atomic E-state index is 12.4. The van der Waals surface area contributed by atoms with Gasteiger partial charge in [-0.25, -0.2) is 4.79 Å². The average molecular weight is 410 g/mol. The maximum Gasteiger partial charge on any atom is 0.315 e. The summed E-state index contributed by atoms with van der Waals surface area (Å²) in [5, 5.41) is 7.15. The zero-order chi connectivity index (χ0) is 21.7. The quantitative estimate of drug-likeness (QED) is 0.497. The molecule has 0 aliphatic heterocycles. The second-order valence-electron chi connectivity index (χ2n) is 7.72. The third-order valence-corrected chi connectivity index (χ3v) is 5.09. The summed E-state index contributed by atoms with van der Waals surface area (Å²) in [6.45, 7) is 8.52. The summed E-state index contributed by atoms with van der Waals surface area (Å²) < 4.78 is 11.2. The summed E-state index contributed by atoms with van der Waals surface area (Å²) in [6, 6.07) is 13.6. The Morgan fingerprint density at radius 3 is 2.60 bits per heavy atom. The summed E-state index contributed by atoms with van der Waals surface area (Å²) in [6.07, 6.45) is 0.832. The molecule has 1 heterocycles. The van der Waals surface area contributed by atoms with Gasteiger partial charge in [-0.2, -0.15) is 0 Å². The van der Waals surface area contributed by atoms with E-state index in [1.54, 1.807) is 7.11 Å². The molecule has 2 aromatic carbocycles. The van der Waals surface area contributed by atoms with Crippen LogP contribution < -0.4 is 20.1 Å². The Bertz CT molecular complexity index is 1010. The van der Waals surface area contributed by atoms with Crippen molar-refractivity contribution >= 4 is 16.9 Å². The summed E-state index contributed by atoms with van der Waals surface area (Å²) >= 11 is 0. The van der Waals surface area contributed by atoms with Crippen LogP contribution in [0, 0.1) is 6.92 Å². The van der Waals surface area contributed by atoms with Crippen LogP contribution in [0.2, 0.25) is 0 Å². The van der Waals surface area contributed by atoms with Crippen molar-refractivity contribution in [3.05, 3.63) is 59.3 Å². The van der Waals surface area contributed by atoms with E-state index in [0.717, 1.165) is 23.2 Å². The van der Waals surface area contributed by atoms with Crippen molar-refractivity contribution in [3.8, 4) is 11.5 Å². The van der Waals surface area contributed by atoms with Gasteiger partial charge in [0.1, 0.15) is 0 Å². The Balaban J connectivity index is 1.56. The molecule has 0 aliphatic rings. The highest BCUT2D eigenvalue weighted by Crippen LogP contribution is 2.31. The molecule has 0 spiro atoms. The molecule has 0 aliphatic carbocycles. The first-order chi connectivity index (χ1) is 14.4. The highest BCUT2D eigenvalue weighted by molar-refractivity contribution is 5.84. The molecule has 1 unspecified atom stereocenters. The lowest BCUT2D eigenvalue weighted by Gasteiger charge is -2.18. The predicted octanol–water partition coefficient (Wildman–Crippen LogP) is 4.88. The Morgan fingerprint density at radius 2 is 1.87 bits per heavy atom. The molecule has 3 aromatic rings. The molecule has 0 saturated carbocycles. The molecule has 2 amide bonds. The number of aryl methyl sites for hydroxylation is 1. The van der Waals surface area contributed by atoms with Crippen LogP contribution in [-0.2, 0) is 6.42 Å². The minimum absolute atomic E-state index is 0.0619. The van der Waals surface area contributed by atoms with Gasteiger partial charge in [-0.05, 0) is 63.4 Å². The molecule has 160 valence electrons. The minimum Gasteiger partial charge on any atom is -0.493 e. The summed E-state index contributed by atoms with van der Waals surface area (Å²) in [5.74, 6) is 1.35. The topological polar surface area (TPSA) is 75.4 Å². The molecule has 1 atom stereocenters. The molecule has 6 heteroatoms. The van der Waals surface area contributed by atoms with E-state index in [1.165, 1.54) is 10.9 Å². The molecule has 0 saturated heterocycles. The van der Waals surface area contributed by atoms with Crippen LogP contribution >= 0.6 is 0 Å². The van der Waals surface area contributed by atoms with Gasteiger partial charge in [-0.3, -0.25) is 0 Å². The highest BCUT2D eigenvalue weighted by Gasteiger charge is 2.14. The van der Waals surface area contributed by atoms with E-state index in [2.05, 4.69) is 34.7 Å². The molecular weight excluding hydrogens is 378 g/mol. The number of H-pyrrole nitrogens is 1. The monoisotopic (exact) mass is 409 g/mol. The summed E-state index contributed by atoms with van der Waals surface area (Å²) in [4.78, 5) is 15.8. The number of para-hydroxylation sites is 1. The first-order valence-electron chi connectivity index (χ1n) is 10.3. The Hall–Kier alpha value is -3.15. The first kappa shape index (κ1) is 21.6.